The maximum atomic E-state index is 13.2. The number of hydrogen-bond donors (Lipinski definition) is 0. The van der Waals surface area contributed by atoms with Crippen LogP contribution in [0, 0.1) is 5.92 Å². The summed E-state index contributed by atoms with van der Waals surface area (Å²) in [6.45, 7) is 4.22. The third kappa shape index (κ3) is 3.39. The van der Waals surface area contributed by atoms with Crippen LogP contribution in [-0.2, 0) is 4.74 Å². The number of allylic oxidation sites excluding steroid dienone is 2. The van der Waals surface area contributed by atoms with Crippen molar-refractivity contribution >= 4 is 22.3 Å². The molecule has 4 rings (SSSR count). The van der Waals surface area contributed by atoms with E-state index in [2.05, 4.69) is 30.2 Å². The molecule has 5 nitrogen and oxygen atoms in total. The highest BCUT2D eigenvalue weighted by molar-refractivity contribution is 7.18. The summed E-state index contributed by atoms with van der Waals surface area (Å²) < 4.78 is 10.6. The number of aromatic nitrogens is 1. The average Bonchev–Trinajstić information content (AvgIpc) is 3.38. The van der Waals surface area contributed by atoms with Crippen molar-refractivity contribution in [2.24, 2.45) is 5.92 Å². The minimum absolute atomic E-state index is 0.0192. The van der Waals surface area contributed by atoms with Gasteiger partial charge in [0.2, 0.25) is 0 Å². The molecule has 2 aliphatic heterocycles. The van der Waals surface area contributed by atoms with Crippen LogP contribution in [0.25, 0.3) is 11.3 Å². The molecule has 6 heteroatoms. The molecule has 4 heterocycles. The van der Waals surface area contributed by atoms with Gasteiger partial charge in [0.1, 0.15) is 4.88 Å². The lowest BCUT2D eigenvalue weighted by Gasteiger charge is -2.20. The van der Waals surface area contributed by atoms with Gasteiger partial charge in [0, 0.05) is 37.4 Å². The zero-order valence-corrected chi connectivity index (χ0v) is 15.6. The Labute approximate surface area is 157 Å². The molecule has 26 heavy (non-hydrogen) atoms. The Morgan fingerprint density at radius 3 is 2.96 bits per heavy atom. The fourth-order valence-corrected chi connectivity index (χ4v) is 4.39. The van der Waals surface area contributed by atoms with Gasteiger partial charge in [-0.15, -0.1) is 0 Å². The molecule has 0 atom stereocenters. The molecule has 0 N–H and O–H groups in total. The Morgan fingerprint density at radius 1 is 1.38 bits per heavy atom. The number of carbonyl (C=O) groups is 1. The van der Waals surface area contributed by atoms with E-state index in [0.717, 1.165) is 47.1 Å². The third-order valence-corrected chi connectivity index (χ3v) is 5.94. The molecule has 136 valence electrons. The molecule has 0 unspecified atom stereocenters. The van der Waals surface area contributed by atoms with Gasteiger partial charge in [0.15, 0.2) is 10.9 Å². The van der Waals surface area contributed by atoms with E-state index in [1.54, 1.807) is 12.5 Å². The van der Waals surface area contributed by atoms with Crippen molar-refractivity contribution in [1.82, 2.24) is 4.98 Å². The fraction of sp³-hybridized carbons (Fsp3) is 0.400. The molecular formula is C20H22N2O3S. The Bertz CT molecular complexity index is 829. The van der Waals surface area contributed by atoms with Crippen LogP contribution in [0.5, 0.6) is 0 Å². The molecule has 2 aromatic heterocycles. The number of rotatable bonds is 5. The molecule has 0 radical (unpaired) electrons. The summed E-state index contributed by atoms with van der Waals surface area (Å²) >= 11 is 1.48. The summed E-state index contributed by atoms with van der Waals surface area (Å²) in [7, 11) is 0. The minimum Gasteiger partial charge on any atom is -0.472 e. The van der Waals surface area contributed by atoms with Gasteiger partial charge in [0.25, 0.3) is 0 Å². The van der Waals surface area contributed by atoms with E-state index in [-0.39, 0.29) is 11.7 Å². The number of thiazole rings is 1. The first kappa shape index (κ1) is 17.2. The van der Waals surface area contributed by atoms with Crippen molar-refractivity contribution < 1.29 is 13.9 Å². The lowest BCUT2D eigenvalue weighted by atomic mass is 9.93. The van der Waals surface area contributed by atoms with Crippen LogP contribution in [0.15, 0.2) is 46.9 Å². The van der Waals surface area contributed by atoms with Crippen molar-refractivity contribution in [3.05, 3.63) is 47.4 Å². The predicted octanol–water partition coefficient (Wildman–Crippen LogP) is 4.68. The molecule has 0 saturated carbocycles. The monoisotopic (exact) mass is 370 g/mol. The quantitative estimate of drug-likeness (QED) is 0.715. The molecule has 0 aliphatic carbocycles. The molecule has 0 bridgehead atoms. The number of furan rings is 1. The highest BCUT2D eigenvalue weighted by atomic mass is 32.1. The number of anilines is 1. The number of ether oxygens (including phenoxy) is 1. The standard InChI is InChI=1S/C20H22N2O3S/c1-2-14-4-3-8-22(12-14)20-21-17(16-7-11-25-13-16)19(26-20)18(23)15-5-9-24-10-6-15/h3-4,7,11-13,15H,2,5-6,8-10H2,1H3. The van der Waals surface area contributed by atoms with E-state index in [9.17, 15) is 4.79 Å². The molecule has 2 aliphatic rings. The summed E-state index contributed by atoms with van der Waals surface area (Å²) in [5.74, 6) is 0.200. The molecular weight excluding hydrogens is 348 g/mol. The smallest absolute Gasteiger partial charge is 0.190 e. The summed E-state index contributed by atoms with van der Waals surface area (Å²) in [5, 5.41) is 0.854. The summed E-state index contributed by atoms with van der Waals surface area (Å²) in [6.07, 6.45) is 12.2. The Morgan fingerprint density at radius 2 is 2.23 bits per heavy atom. The van der Waals surface area contributed by atoms with Crippen LogP contribution < -0.4 is 4.90 Å². The molecule has 0 aromatic carbocycles. The average molecular weight is 370 g/mol. The highest BCUT2D eigenvalue weighted by Gasteiger charge is 2.29. The zero-order valence-electron chi connectivity index (χ0n) is 14.8. The van der Waals surface area contributed by atoms with Gasteiger partial charge in [-0.05, 0) is 30.9 Å². The van der Waals surface area contributed by atoms with E-state index >= 15 is 0 Å². The van der Waals surface area contributed by atoms with Gasteiger partial charge >= 0.3 is 0 Å². The lowest BCUT2D eigenvalue weighted by molar-refractivity contribution is 0.0548. The summed E-state index contributed by atoms with van der Waals surface area (Å²) in [4.78, 5) is 20.8. The maximum Gasteiger partial charge on any atom is 0.190 e. The zero-order chi connectivity index (χ0) is 17.9. The molecule has 1 saturated heterocycles. The molecule has 0 amide bonds. The second kappa shape index (κ2) is 7.60. The minimum atomic E-state index is 0.0192. The second-order valence-corrected chi connectivity index (χ2v) is 7.53. The summed E-state index contributed by atoms with van der Waals surface area (Å²) in [6, 6.07) is 1.86. The number of nitrogens with zero attached hydrogens (tertiary/aromatic N) is 2. The second-order valence-electron chi connectivity index (χ2n) is 6.55. The van der Waals surface area contributed by atoms with Gasteiger partial charge in [-0.1, -0.05) is 30.4 Å². The largest absolute Gasteiger partial charge is 0.472 e. The SMILES string of the molecule is CCC1=CN(c2nc(-c3ccoc3)c(C(=O)C3CCOCC3)s2)CC=C1. The first-order valence-electron chi connectivity index (χ1n) is 9.05. The highest BCUT2D eigenvalue weighted by Crippen LogP contribution is 2.37. The van der Waals surface area contributed by atoms with E-state index in [0.29, 0.717) is 13.2 Å². The van der Waals surface area contributed by atoms with Crippen molar-refractivity contribution in [1.29, 1.82) is 0 Å². The molecule has 2 aromatic rings. The fourth-order valence-electron chi connectivity index (χ4n) is 3.29. The van der Waals surface area contributed by atoms with E-state index in [4.69, 9.17) is 14.1 Å². The van der Waals surface area contributed by atoms with Gasteiger partial charge in [-0.25, -0.2) is 4.98 Å². The van der Waals surface area contributed by atoms with Crippen LogP contribution in [0.2, 0.25) is 0 Å². The number of hydrogen-bond acceptors (Lipinski definition) is 6. The normalized spacial score (nSPS) is 18.2. The van der Waals surface area contributed by atoms with Crippen molar-refractivity contribution in [3.8, 4) is 11.3 Å². The Hall–Kier alpha value is -2.18. The van der Waals surface area contributed by atoms with Crippen LogP contribution >= 0.6 is 11.3 Å². The first-order valence-corrected chi connectivity index (χ1v) is 9.87. The number of carbonyl (C=O) groups excluding carboxylic acids is 1. The lowest BCUT2D eigenvalue weighted by Crippen LogP contribution is -2.23. The van der Waals surface area contributed by atoms with E-state index in [1.165, 1.54) is 16.9 Å². The maximum absolute atomic E-state index is 13.2. The van der Waals surface area contributed by atoms with Gasteiger partial charge in [-0.2, -0.15) is 0 Å². The third-order valence-electron chi connectivity index (χ3n) is 4.84. The predicted molar refractivity (Wildman–Crippen MR) is 103 cm³/mol. The Balaban J connectivity index is 1.70. The Kier molecular flexibility index (Phi) is 5.04. The number of ketones is 1. The molecule has 0 spiro atoms. The van der Waals surface area contributed by atoms with E-state index < -0.39 is 0 Å². The van der Waals surface area contributed by atoms with Gasteiger partial charge < -0.3 is 14.1 Å². The number of Topliss-reactive ketones (excluding diaryl/α,β-unsaturated/α-hetero) is 1. The van der Waals surface area contributed by atoms with Crippen molar-refractivity contribution in [3.63, 3.8) is 0 Å². The van der Waals surface area contributed by atoms with Crippen LogP contribution in [0.1, 0.15) is 35.9 Å². The van der Waals surface area contributed by atoms with Crippen molar-refractivity contribution in [2.75, 3.05) is 24.7 Å². The van der Waals surface area contributed by atoms with Crippen LogP contribution in [-0.4, -0.2) is 30.5 Å². The van der Waals surface area contributed by atoms with Crippen molar-refractivity contribution in [2.45, 2.75) is 26.2 Å². The van der Waals surface area contributed by atoms with Gasteiger partial charge in [-0.3, -0.25) is 4.79 Å². The first-order chi connectivity index (χ1) is 12.8. The van der Waals surface area contributed by atoms with E-state index in [1.807, 2.05) is 6.07 Å². The summed E-state index contributed by atoms with van der Waals surface area (Å²) in [5.41, 5.74) is 2.85. The topological polar surface area (TPSA) is 55.6 Å². The van der Waals surface area contributed by atoms with Crippen LogP contribution in [0.3, 0.4) is 0 Å². The van der Waals surface area contributed by atoms with Crippen LogP contribution in [0.4, 0.5) is 5.13 Å². The molecule has 1 fully saturated rings. The van der Waals surface area contributed by atoms with Gasteiger partial charge in [0.05, 0.1) is 18.2 Å².